The molecule has 0 bridgehead atoms. The molecule has 2 heterocycles. The highest BCUT2D eigenvalue weighted by atomic mass is 19.1. The van der Waals surface area contributed by atoms with E-state index >= 15 is 0 Å². The number of ether oxygens (including phenoxy) is 2. The number of nitrogens with one attached hydrogen (secondary N) is 2. The van der Waals surface area contributed by atoms with Crippen LogP contribution in [0.25, 0.3) is 11.1 Å². The van der Waals surface area contributed by atoms with Gasteiger partial charge in [-0.3, -0.25) is 14.5 Å². The van der Waals surface area contributed by atoms with Crippen LogP contribution in [-0.4, -0.2) is 70.3 Å². The number of pyridine rings is 1. The Bertz CT molecular complexity index is 1770. The molecule has 4 N–H and O–H groups in total. The number of aromatic hydroxyl groups is 2. The van der Waals surface area contributed by atoms with Crippen molar-refractivity contribution in [2.45, 2.75) is 51.2 Å². The van der Waals surface area contributed by atoms with Crippen LogP contribution in [0.2, 0.25) is 0 Å². The van der Waals surface area contributed by atoms with Crippen LogP contribution in [-0.2, 0) is 11.3 Å². The topological polar surface area (TPSA) is 133 Å². The Labute approximate surface area is 278 Å². The molecule has 4 aromatic rings. The minimum Gasteiger partial charge on any atom is -0.508 e. The van der Waals surface area contributed by atoms with E-state index in [0.717, 1.165) is 42.0 Å². The van der Waals surface area contributed by atoms with Crippen molar-refractivity contribution in [1.82, 2.24) is 20.5 Å². The predicted octanol–water partition coefficient (Wildman–Crippen LogP) is 5.70. The fraction of sp³-hybridized carbons (Fsp3) is 0.324. The van der Waals surface area contributed by atoms with Crippen LogP contribution < -0.4 is 15.4 Å². The first-order valence-electron chi connectivity index (χ1n) is 16.2. The summed E-state index contributed by atoms with van der Waals surface area (Å²) in [6, 6.07) is 18.4. The van der Waals surface area contributed by atoms with Gasteiger partial charge < -0.3 is 30.3 Å². The van der Waals surface area contributed by atoms with E-state index in [-0.39, 0.29) is 46.5 Å². The molecule has 0 unspecified atom stereocenters. The Kier molecular flexibility index (Phi) is 10.2. The summed E-state index contributed by atoms with van der Waals surface area (Å²) in [6.07, 6.45) is 3.49. The second-order valence-electron chi connectivity index (χ2n) is 12.3. The second-order valence-corrected chi connectivity index (χ2v) is 12.3. The summed E-state index contributed by atoms with van der Waals surface area (Å²) in [5, 5.41) is 26.4. The molecule has 10 nitrogen and oxygen atoms in total. The summed E-state index contributed by atoms with van der Waals surface area (Å²) in [7, 11) is 0. The molecule has 3 aromatic carbocycles. The molecule has 2 aliphatic rings. The molecule has 0 spiro atoms. The van der Waals surface area contributed by atoms with Gasteiger partial charge in [-0.25, -0.2) is 9.37 Å². The molecule has 11 heteroatoms. The molecule has 0 radical (unpaired) electrons. The van der Waals surface area contributed by atoms with E-state index in [1.165, 1.54) is 6.07 Å². The van der Waals surface area contributed by atoms with Gasteiger partial charge in [0.15, 0.2) is 0 Å². The minimum atomic E-state index is -0.663. The number of hydrogen-bond donors (Lipinski definition) is 4. The zero-order valence-electron chi connectivity index (χ0n) is 26.7. The third-order valence-electron chi connectivity index (χ3n) is 8.88. The van der Waals surface area contributed by atoms with Crippen molar-refractivity contribution in [3.8, 4) is 34.3 Å². The number of rotatable bonds is 9. The molecule has 1 aliphatic heterocycles. The summed E-state index contributed by atoms with van der Waals surface area (Å²) in [5.41, 5.74) is 3.67. The number of phenols is 2. The molecule has 1 aliphatic carbocycles. The maximum atomic E-state index is 14.4. The number of halogens is 1. The van der Waals surface area contributed by atoms with Crippen LogP contribution in [0.4, 0.5) is 4.39 Å². The number of carbonyl (C=O) groups excluding carboxylic acids is 2. The maximum absolute atomic E-state index is 14.4. The van der Waals surface area contributed by atoms with Crippen LogP contribution in [0.5, 0.6) is 23.1 Å². The van der Waals surface area contributed by atoms with E-state index in [1.54, 1.807) is 37.3 Å². The van der Waals surface area contributed by atoms with E-state index in [1.807, 2.05) is 24.3 Å². The third-order valence-corrected chi connectivity index (χ3v) is 8.88. The molecule has 0 atom stereocenters. The number of amides is 2. The fourth-order valence-corrected chi connectivity index (χ4v) is 6.35. The molecule has 48 heavy (non-hydrogen) atoms. The Balaban J connectivity index is 1.11. The molecular weight excluding hydrogens is 615 g/mol. The quantitative estimate of drug-likeness (QED) is 0.181. The van der Waals surface area contributed by atoms with Gasteiger partial charge in [-0.1, -0.05) is 30.3 Å². The predicted molar refractivity (Wildman–Crippen MR) is 178 cm³/mol. The lowest BCUT2D eigenvalue weighted by atomic mass is 9.90. The van der Waals surface area contributed by atoms with E-state index in [4.69, 9.17) is 9.47 Å². The number of phenolic OH excluding ortho intramolecular Hbond substituents is 2. The average molecular weight is 655 g/mol. The van der Waals surface area contributed by atoms with Crippen LogP contribution in [0.15, 0.2) is 72.9 Å². The van der Waals surface area contributed by atoms with Gasteiger partial charge in [-0.05, 0) is 91.3 Å². The highest BCUT2D eigenvalue weighted by Crippen LogP contribution is 2.33. The number of morpholine rings is 1. The van der Waals surface area contributed by atoms with Gasteiger partial charge in [0.1, 0.15) is 28.6 Å². The monoisotopic (exact) mass is 654 g/mol. The largest absolute Gasteiger partial charge is 0.508 e. The Morgan fingerprint density at radius 1 is 0.938 bits per heavy atom. The van der Waals surface area contributed by atoms with Gasteiger partial charge >= 0.3 is 0 Å². The Morgan fingerprint density at radius 2 is 1.65 bits per heavy atom. The number of hydrogen-bond acceptors (Lipinski definition) is 8. The summed E-state index contributed by atoms with van der Waals surface area (Å²) < 4.78 is 25.9. The van der Waals surface area contributed by atoms with E-state index in [0.29, 0.717) is 56.8 Å². The zero-order chi connectivity index (χ0) is 33.6. The van der Waals surface area contributed by atoms with Crippen LogP contribution in [0, 0.1) is 12.7 Å². The lowest BCUT2D eigenvalue weighted by molar-refractivity contribution is 0.0342. The van der Waals surface area contributed by atoms with Gasteiger partial charge in [0, 0.05) is 31.7 Å². The Morgan fingerprint density at radius 3 is 2.38 bits per heavy atom. The maximum Gasteiger partial charge on any atom is 0.257 e. The summed E-state index contributed by atoms with van der Waals surface area (Å²) in [6.45, 7) is 5.35. The number of nitrogens with zero attached hydrogens (tertiary/aromatic N) is 2. The smallest absolute Gasteiger partial charge is 0.257 e. The number of aromatic nitrogens is 1. The van der Waals surface area contributed by atoms with E-state index in [2.05, 4.69) is 20.5 Å². The first-order chi connectivity index (χ1) is 23.2. The van der Waals surface area contributed by atoms with E-state index in [9.17, 15) is 24.2 Å². The fourth-order valence-electron chi connectivity index (χ4n) is 6.35. The first-order valence-corrected chi connectivity index (χ1v) is 16.2. The summed E-state index contributed by atoms with van der Waals surface area (Å²) in [4.78, 5) is 32.6. The highest BCUT2D eigenvalue weighted by molar-refractivity contribution is 5.98. The molecule has 1 saturated carbocycles. The minimum absolute atomic E-state index is 0.0238. The van der Waals surface area contributed by atoms with Crippen LogP contribution >= 0.6 is 0 Å². The van der Waals surface area contributed by atoms with Crippen molar-refractivity contribution in [3.05, 3.63) is 101 Å². The molecule has 250 valence electrons. The van der Waals surface area contributed by atoms with Crippen molar-refractivity contribution in [2.75, 3.05) is 26.3 Å². The van der Waals surface area contributed by atoms with Gasteiger partial charge in [0.2, 0.25) is 5.88 Å². The van der Waals surface area contributed by atoms with Crippen molar-refractivity contribution in [2.24, 2.45) is 0 Å². The van der Waals surface area contributed by atoms with Crippen LogP contribution in [0.3, 0.4) is 0 Å². The number of carbonyl (C=O) groups is 2. The van der Waals surface area contributed by atoms with Gasteiger partial charge in [-0.2, -0.15) is 0 Å². The van der Waals surface area contributed by atoms with Gasteiger partial charge in [0.05, 0.1) is 25.0 Å². The Hall–Kier alpha value is -5.00. The van der Waals surface area contributed by atoms with E-state index < -0.39 is 11.7 Å². The molecule has 2 fully saturated rings. The lowest BCUT2D eigenvalue weighted by Crippen LogP contribution is -2.44. The molecular formula is C37H39FN4O6. The zero-order valence-corrected chi connectivity index (χ0v) is 26.7. The van der Waals surface area contributed by atoms with Crippen molar-refractivity contribution in [3.63, 3.8) is 0 Å². The third kappa shape index (κ3) is 7.92. The number of aryl methyl sites for hydroxylation is 1. The van der Waals surface area contributed by atoms with Crippen LogP contribution in [0.1, 0.15) is 57.5 Å². The second kappa shape index (κ2) is 14.8. The van der Waals surface area contributed by atoms with Gasteiger partial charge in [-0.15, -0.1) is 0 Å². The molecule has 1 saturated heterocycles. The van der Waals surface area contributed by atoms with Crippen molar-refractivity contribution < 1.29 is 33.7 Å². The molecule has 6 rings (SSSR count). The van der Waals surface area contributed by atoms with Crippen molar-refractivity contribution in [1.29, 1.82) is 0 Å². The SMILES string of the molecule is Cc1cccc(O)c1C(=O)NC1CCC(NC(=O)c2cc(F)cnc2Oc2cccc(-c3ccc(O)cc3CN3CCOCC3)c2)CC1. The first kappa shape index (κ1) is 32.9. The molecule has 2 amide bonds. The normalized spacial score (nSPS) is 18.2. The van der Waals surface area contributed by atoms with Crippen molar-refractivity contribution >= 4 is 11.8 Å². The number of benzene rings is 3. The standard InChI is InChI=1S/C37H39FN4O6/c1-23-4-2-7-33(44)34(23)36(46)41-28-10-8-27(9-11-28)40-35(45)32-20-26(38)21-39-37(32)48-30-6-3-5-24(19-30)31-13-12-29(43)18-25(31)22-42-14-16-47-17-15-42/h2-7,12-13,18-21,27-28,43-44H,8-11,14-17,22H2,1H3,(H,40,45)(H,41,46). The summed E-state index contributed by atoms with van der Waals surface area (Å²) >= 11 is 0. The van der Waals surface area contributed by atoms with Gasteiger partial charge in [0.25, 0.3) is 11.8 Å². The highest BCUT2D eigenvalue weighted by Gasteiger charge is 2.27. The lowest BCUT2D eigenvalue weighted by Gasteiger charge is -2.30. The molecule has 1 aromatic heterocycles. The average Bonchev–Trinajstić information content (AvgIpc) is 3.07. The summed E-state index contributed by atoms with van der Waals surface area (Å²) in [5.74, 6) is -0.974.